The van der Waals surface area contributed by atoms with Crippen LogP contribution in [0.3, 0.4) is 0 Å². The minimum Gasteiger partial charge on any atom is -0.375 e. The fraction of sp³-hybridized carbons (Fsp3) is 0.429. The fourth-order valence-electron chi connectivity index (χ4n) is 3.05. The molecule has 0 spiro atoms. The molecule has 1 aliphatic heterocycles. The van der Waals surface area contributed by atoms with Crippen LogP contribution in [0, 0.1) is 5.92 Å². The molecule has 2 unspecified atom stereocenters. The Morgan fingerprint density at radius 1 is 0.833 bits per heavy atom. The molecule has 1 fully saturated rings. The Morgan fingerprint density at radius 2 is 1.38 bits per heavy atom. The van der Waals surface area contributed by atoms with Crippen molar-refractivity contribution >= 4 is 0 Å². The summed E-state index contributed by atoms with van der Waals surface area (Å²) in [6.45, 7) is 6.06. The van der Waals surface area contributed by atoms with E-state index in [1.54, 1.807) is 0 Å². The van der Waals surface area contributed by atoms with E-state index in [0.29, 0.717) is 25.7 Å². The minimum atomic E-state index is -0.0416. The first-order valence-electron chi connectivity index (χ1n) is 8.66. The molecule has 0 saturated carbocycles. The summed E-state index contributed by atoms with van der Waals surface area (Å²) in [6.07, 6.45) is 0.181. The van der Waals surface area contributed by atoms with Gasteiger partial charge in [-0.2, -0.15) is 0 Å². The van der Waals surface area contributed by atoms with Crippen LogP contribution < -0.4 is 0 Å². The van der Waals surface area contributed by atoms with Crippen molar-refractivity contribution in [2.75, 3.05) is 6.61 Å². The third-order valence-electron chi connectivity index (χ3n) is 4.74. The normalized spacial score (nSPS) is 27.1. The summed E-state index contributed by atoms with van der Waals surface area (Å²) >= 11 is 0. The van der Waals surface area contributed by atoms with Crippen LogP contribution in [0.25, 0.3) is 0 Å². The van der Waals surface area contributed by atoms with Crippen molar-refractivity contribution in [2.45, 2.75) is 45.4 Å². The number of hydrogen-bond acceptors (Lipinski definition) is 3. The topological polar surface area (TPSA) is 27.7 Å². The molecule has 3 rings (SSSR count). The molecule has 0 bridgehead atoms. The highest BCUT2D eigenvalue weighted by Crippen LogP contribution is 2.27. The Bertz CT molecular complexity index is 599. The predicted octanol–water partition coefficient (Wildman–Crippen LogP) is 4.21. The van der Waals surface area contributed by atoms with Gasteiger partial charge in [-0.15, -0.1) is 0 Å². The van der Waals surface area contributed by atoms with Crippen molar-refractivity contribution in [3.05, 3.63) is 71.8 Å². The molecule has 0 aliphatic carbocycles. The molecule has 0 radical (unpaired) electrons. The van der Waals surface area contributed by atoms with E-state index >= 15 is 0 Å². The lowest BCUT2D eigenvalue weighted by Gasteiger charge is -2.39. The van der Waals surface area contributed by atoms with Crippen LogP contribution in [-0.2, 0) is 27.4 Å². The van der Waals surface area contributed by atoms with E-state index in [1.165, 1.54) is 11.1 Å². The summed E-state index contributed by atoms with van der Waals surface area (Å²) in [7, 11) is 0. The van der Waals surface area contributed by atoms with Gasteiger partial charge in [-0.1, -0.05) is 67.6 Å². The van der Waals surface area contributed by atoms with Crippen molar-refractivity contribution in [3.8, 4) is 0 Å². The Hall–Kier alpha value is -1.68. The first-order chi connectivity index (χ1) is 11.7. The summed E-state index contributed by atoms with van der Waals surface area (Å²) in [5, 5.41) is 0. The molecule has 128 valence electrons. The minimum absolute atomic E-state index is 0.0395. The van der Waals surface area contributed by atoms with E-state index < -0.39 is 0 Å². The monoisotopic (exact) mass is 326 g/mol. The van der Waals surface area contributed by atoms with Gasteiger partial charge in [0.05, 0.1) is 32.0 Å². The maximum atomic E-state index is 6.25. The van der Waals surface area contributed by atoms with Gasteiger partial charge in [-0.05, 0) is 18.1 Å². The molecule has 1 saturated heterocycles. The van der Waals surface area contributed by atoms with Crippen molar-refractivity contribution in [3.63, 3.8) is 0 Å². The van der Waals surface area contributed by atoms with Crippen molar-refractivity contribution in [1.82, 2.24) is 0 Å². The number of rotatable bonds is 6. The second-order valence-electron chi connectivity index (χ2n) is 6.49. The fourth-order valence-corrected chi connectivity index (χ4v) is 3.05. The zero-order valence-electron chi connectivity index (χ0n) is 14.4. The molecule has 4 atom stereocenters. The quantitative estimate of drug-likeness (QED) is 0.796. The highest BCUT2D eigenvalue weighted by atomic mass is 16.6. The van der Waals surface area contributed by atoms with Crippen molar-refractivity contribution < 1.29 is 14.2 Å². The van der Waals surface area contributed by atoms with E-state index in [0.717, 1.165) is 0 Å². The maximum Gasteiger partial charge on any atom is 0.108 e. The zero-order valence-corrected chi connectivity index (χ0v) is 14.4. The molecular formula is C21H26O3. The second kappa shape index (κ2) is 8.43. The van der Waals surface area contributed by atoms with Gasteiger partial charge < -0.3 is 14.2 Å². The SMILES string of the molecule is CC1C(OCc2ccccc2)[C@H](OCc2ccccc2)CO[C@H]1C. The van der Waals surface area contributed by atoms with Crippen LogP contribution in [-0.4, -0.2) is 24.9 Å². The van der Waals surface area contributed by atoms with Gasteiger partial charge in [0.2, 0.25) is 0 Å². The molecule has 0 N–H and O–H groups in total. The lowest BCUT2D eigenvalue weighted by Crippen LogP contribution is -2.49. The number of ether oxygens (including phenoxy) is 3. The van der Waals surface area contributed by atoms with Gasteiger partial charge in [0.15, 0.2) is 0 Å². The maximum absolute atomic E-state index is 6.25. The van der Waals surface area contributed by atoms with E-state index in [9.17, 15) is 0 Å². The lowest BCUT2D eigenvalue weighted by molar-refractivity contribution is -0.193. The van der Waals surface area contributed by atoms with Crippen molar-refractivity contribution in [2.24, 2.45) is 5.92 Å². The van der Waals surface area contributed by atoms with Crippen LogP contribution in [0.5, 0.6) is 0 Å². The molecule has 1 aliphatic rings. The van der Waals surface area contributed by atoms with Gasteiger partial charge in [0, 0.05) is 5.92 Å². The highest BCUT2D eigenvalue weighted by Gasteiger charge is 2.37. The number of benzene rings is 2. The van der Waals surface area contributed by atoms with E-state index in [-0.39, 0.29) is 18.3 Å². The van der Waals surface area contributed by atoms with Crippen LogP contribution in [0.15, 0.2) is 60.7 Å². The largest absolute Gasteiger partial charge is 0.375 e. The van der Waals surface area contributed by atoms with Crippen LogP contribution in [0.4, 0.5) is 0 Å². The number of hydrogen-bond donors (Lipinski definition) is 0. The molecule has 0 amide bonds. The molecule has 3 heteroatoms. The van der Waals surface area contributed by atoms with Crippen LogP contribution >= 0.6 is 0 Å². The molecule has 2 aromatic rings. The predicted molar refractivity (Wildman–Crippen MR) is 94.6 cm³/mol. The van der Waals surface area contributed by atoms with Gasteiger partial charge in [0.25, 0.3) is 0 Å². The lowest BCUT2D eigenvalue weighted by atomic mass is 9.92. The van der Waals surface area contributed by atoms with Gasteiger partial charge in [-0.25, -0.2) is 0 Å². The molecule has 3 nitrogen and oxygen atoms in total. The summed E-state index contributed by atoms with van der Waals surface area (Å²) in [6, 6.07) is 20.5. The Balaban J connectivity index is 1.61. The molecule has 2 aromatic carbocycles. The smallest absolute Gasteiger partial charge is 0.108 e. The summed E-state index contributed by atoms with van der Waals surface area (Å²) in [5.74, 6) is 0.295. The van der Waals surface area contributed by atoms with E-state index in [1.807, 2.05) is 36.4 Å². The van der Waals surface area contributed by atoms with Gasteiger partial charge >= 0.3 is 0 Å². The second-order valence-corrected chi connectivity index (χ2v) is 6.49. The molecular weight excluding hydrogens is 300 g/mol. The van der Waals surface area contributed by atoms with E-state index in [4.69, 9.17) is 14.2 Å². The van der Waals surface area contributed by atoms with Crippen LogP contribution in [0.2, 0.25) is 0 Å². The average Bonchev–Trinajstić information content (AvgIpc) is 2.63. The van der Waals surface area contributed by atoms with E-state index in [2.05, 4.69) is 38.1 Å². The van der Waals surface area contributed by atoms with Gasteiger partial charge in [0.1, 0.15) is 6.10 Å². The molecule has 24 heavy (non-hydrogen) atoms. The average molecular weight is 326 g/mol. The van der Waals surface area contributed by atoms with Crippen LogP contribution in [0.1, 0.15) is 25.0 Å². The third-order valence-corrected chi connectivity index (χ3v) is 4.74. The van der Waals surface area contributed by atoms with Crippen molar-refractivity contribution in [1.29, 1.82) is 0 Å². The third kappa shape index (κ3) is 4.44. The summed E-state index contributed by atoms with van der Waals surface area (Å²) in [5.41, 5.74) is 2.36. The summed E-state index contributed by atoms with van der Waals surface area (Å²) in [4.78, 5) is 0. The van der Waals surface area contributed by atoms with Gasteiger partial charge in [-0.3, -0.25) is 0 Å². The standard InChI is InChI=1S/C21H26O3/c1-16-17(2)22-15-20(23-13-18-9-5-3-6-10-18)21(16)24-14-19-11-7-4-8-12-19/h3-12,16-17,20-21H,13-15H2,1-2H3/t16?,17-,20+,21?/m0/s1. The Morgan fingerprint density at radius 3 is 1.96 bits per heavy atom. The first kappa shape index (κ1) is 17.2. The zero-order chi connectivity index (χ0) is 16.8. The Labute approximate surface area is 144 Å². The molecule has 0 aromatic heterocycles. The highest BCUT2D eigenvalue weighted by molar-refractivity contribution is 5.14. The molecule has 1 heterocycles. The summed E-state index contributed by atoms with van der Waals surface area (Å²) < 4.78 is 18.3. The first-order valence-corrected chi connectivity index (χ1v) is 8.66. The Kier molecular flexibility index (Phi) is 6.02.